The maximum atomic E-state index is 13.2. The summed E-state index contributed by atoms with van der Waals surface area (Å²) in [6, 6.07) is 9.26. The normalized spacial score (nSPS) is 18.2. The first-order chi connectivity index (χ1) is 12.9. The van der Waals surface area contributed by atoms with E-state index in [-0.39, 0.29) is 47.3 Å². The minimum absolute atomic E-state index is 0. The molecule has 0 radical (unpaired) electrons. The van der Waals surface area contributed by atoms with Crippen molar-refractivity contribution in [1.29, 1.82) is 0 Å². The van der Waals surface area contributed by atoms with Crippen molar-refractivity contribution in [2.75, 3.05) is 18.6 Å². The van der Waals surface area contributed by atoms with Crippen LogP contribution in [0.2, 0.25) is 0 Å². The van der Waals surface area contributed by atoms with Gasteiger partial charge in [0.05, 0.1) is 11.5 Å². The van der Waals surface area contributed by atoms with Crippen LogP contribution in [0.5, 0.6) is 11.6 Å². The number of guanidine groups is 1. The van der Waals surface area contributed by atoms with E-state index in [1.807, 2.05) is 6.07 Å². The lowest BCUT2D eigenvalue weighted by Crippen LogP contribution is -2.43. The molecule has 0 bridgehead atoms. The van der Waals surface area contributed by atoms with Crippen LogP contribution < -0.4 is 15.4 Å². The third kappa shape index (κ3) is 6.59. The Hall–Kier alpha value is -1.95. The second kappa shape index (κ2) is 10.0. The molecule has 2 aromatic rings. The fraction of sp³-hybridized carbons (Fsp3) is 0.333. The average molecular weight is 520 g/mol. The maximum absolute atomic E-state index is 13.2. The van der Waals surface area contributed by atoms with Crippen LogP contribution in [0.15, 0.2) is 47.6 Å². The first-order valence-corrected chi connectivity index (χ1v) is 10.3. The lowest BCUT2D eigenvalue weighted by atomic mass is 10.2. The van der Waals surface area contributed by atoms with Crippen molar-refractivity contribution in [3.63, 3.8) is 0 Å². The highest BCUT2D eigenvalue weighted by Crippen LogP contribution is 2.20. The molecule has 1 aliphatic rings. The van der Waals surface area contributed by atoms with Crippen LogP contribution in [-0.4, -0.2) is 44.0 Å². The number of ether oxygens (including phenoxy) is 1. The van der Waals surface area contributed by atoms with Gasteiger partial charge in [-0.15, -0.1) is 24.0 Å². The third-order valence-electron chi connectivity index (χ3n) is 4.07. The van der Waals surface area contributed by atoms with Crippen LogP contribution in [0.25, 0.3) is 0 Å². The predicted octanol–water partition coefficient (Wildman–Crippen LogP) is 2.48. The molecule has 1 atom stereocenters. The molecule has 28 heavy (non-hydrogen) atoms. The Morgan fingerprint density at radius 3 is 2.79 bits per heavy atom. The number of pyridine rings is 1. The number of nitrogens with zero attached hydrogens (tertiary/aromatic N) is 2. The van der Waals surface area contributed by atoms with Crippen molar-refractivity contribution in [2.45, 2.75) is 19.0 Å². The highest BCUT2D eigenvalue weighted by molar-refractivity contribution is 14.0. The summed E-state index contributed by atoms with van der Waals surface area (Å²) < 4.78 is 41.7. The smallest absolute Gasteiger partial charge is 0.219 e. The molecule has 1 unspecified atom stereocenters. The molecule has 0 spiro atoms. The molecular weight excluding hydrogens is 498 g/mol. The van der Waals surface area contributed by atoms with Crippen molar-refractivity contribution in [1.82, 2.24) is 15.6 Å². The fourth-order valence-electron chi connectivity index (χ4n) is 2.71. The highest BCUT2D eigenvalue weighted by atomic mass is 127. The van der Waals surface area contributed by atoms with Gasteiger partial charge < -0.3 is 15.4 Å². The summed E-state index contributed by atoms with van der Waals surface area (Å²) in [7, 11) is -1.31. The summed E-state index contributed by atoms with van der Waals surface area (Å²) in [5.41, 5.74) is 0.892. The van der Waals surface area contributed by atoms with Crippen LogP contribution in [0.1, 0.15) is 12.0 Å². The molecule has 1 aliphatic heterocycles. The van der Waals surface area contributed by atoms with Crippen molar-refractivity contribution < 1.29 is 17.5 Å². The van der Waals surface area contributed by atoms with Gasteiger partial charge in [-0.2, -0.15) is 0 Å². The zero-order valence-electron chi connectivity index (χ0n) is 15.3. The second-order valence-corrected chi connectivity index (χ2v) is 8.46. The molecule has 0 aliphatic carbocycles. The summed E-state index contributed by atoms with van der Waals surface area (Å²) in [4.78, 5) is 8.32. The number of nitrogens with one attached hydrogen (secondary N) is 2. The molecule has 1 aromatic heterocycles. The number of benzene rings is 1. The molecule has 1 aromatic carbocycles. The molecule has 7 nitrogen and oxygen atoms in total. The van der Waals surface area contributed by atoms with Gasteiger partial charge in [-0.05, 0) is 24.1 Å². The standard InChI is InChI=1S/C18H21FN4O3S.HI/c1-20-18(23-15-7-8-27(24,25)12-15)22-11-13-5-6-17(21-10-13)26-16-4-2-3-14(19)9-16;/h2-6,9-10,15H,7-8,11-12H2,1H3,(H2,20,22,23);1H. The van der Waals surface area contributed by atoms with E-state index in [0.29, 0.717) is 30.6 Å². The Morgan fingerprint density at radius 2 is 2.18 bits per heavy atom. The van der Waals surface area contributed by atoms with E-state index >= 15 is 0 Å². The van der Waals surface area contributed by atoms with Crippen molar-refractivity contribution in [3.8, 4) is 11.6 Å². The molecule has 2 heterocycles. The molecule has 2 N–H and O–H groups in total. The summed E-state index contributed by atoms with van der Waals surface area (Å²) >= 11 is 0. The van der Waals surface area contributed by atoms with Gasteiger partial charge in [-0.3, -0.25) is 4.99 Å². The van der Waals surface area contributed by atoms with Gasteiger partial charge in [-0.25, -0.2) is 17.8 Å². The van der Waals surface area contributed by atoms with Gasteiger partial charge in [0.25, 0.3) is 0 Å². The lowest BCUT2D eigenvalue weighted by Gasteiger charge is -2.16. The van der Waals surface area contributed by atoms with E-state index < -0.39 is 9.84 Å². The number of rotatable bonds is 5. The van der Waals surface area contributed by atoms with E-state index in [0.717, 1.165) is 5.56 Å². The van der Waals surface area contributed by atoms with Crippen LogP contribution in [-0.2, 0) is 16.4 Å². The van der Waals surface area contributed by atoms with E-state index in [4.69, 9.17) is 4.74 Å². The number of halogens is 2. The fourth-order valence-corrected chi connectivity index (χ4v) is 4.38. The van der Waals surface area contributed by atoms with Gasteiger partial charge in [0.15, 0.2) is 15.8 Å². The second-order valence-electron chi connectivity index (χ2n) is 6.23. The number of aliphatic imine (C=N–C) groups is 1. The minimum atomic E-state index is -2.94. The SMILES string of the molecule is CN=C(NCc1ccc(Oc2cccc(F)c2)nc1)NC1CCS(=O)(=O)C1.I. The maximum Gasteiger partial charge on any atom is 0.219 e. The molecule has 1 fully saturated rings. The largest absolute Gasteiger partial charge is 0.439 e. The number of sulfone groups is 1. The van der Waals surface area contributed by atoms with Crippen LogP contribution in [0, 0.1) is 5.82 Å². The van der Waals surface area contributed by atoms with Gasteiger partial charge >= 0.3 is 0 Å². The Balaban J connectivity index is 0.00000280. The molecule has 10 heteroatoms. The molecule has 0 saturated carbocycles. The van der Waals surface area contributed by atoms with Crippen LogP contribution in [0.4, 0.5) is 4.39 Å². The van der Waals surface area contributed by atoms with Gasteiger partial charge in [0.2, 0.25) is 5.88 Å². The number of hydrogen-bond donors (Lipinski definition) is 2. The highest BCUT2D eigenvalue weighted by Gasteiger charge is 2.28. The van der Waals surface area contributed by atoms with Crippen LogP contribution in [0.3, 0.4) is 0 Å². The van der Waals surface area contributed by atoms with Gasteiger partial charge in [-0.1, -0.05) is 12.1 Å². The summed E-state index contributed by atoms with van der Waals surface area (Å²) in [5, 5.41) is 6.25. The minimum Gasteiger partial charge on any atom is -0.439 e. The number of aromatic nitrogens is 1. The zero-order chi connectivity index (χ0) is 19.3. The average Bonchev–Trinajstić information content (AvgIpc) is 2.98. The van der Waals surface area contributed by atoms with Crippen LogP contribution >= 0.6 is 24.0 Å². The van der Waals surface area contributed by atoms with E-state index in [1.165, 1.54) is 12.1 Å². The molecule has 0 amide bonds. The Morgan fingerprint density at radius 1 is 1.36 bits per heavy atom. The molecule has 3 rings (SSSR count). The quantitative estimate of drug-likeness (QED) is 0.358. The van der Waals surface area contributed by atoms with Gasteiger partial charge in [0, 0.05) is 38.0 Å². The van der Waals surface area contributed by atoms with E-state index in [9.17, 15) is 12.8 Å². The Bertz CT molecular complexity index is 923. The third-order valence-corrected chi connectivity index (χ3v) is 5.84. The topological polar surface area (TPSA) is 92.7 Å². The van der Waals surface area contributed by atoms with Crippen molar-refractivity contribution in [2.24, 2.45) is 4.99 Å². The zero-order valence-corrected chi connectivity index (χ0v) is 18.4. The summed E-state index contributed by atoms with van der Waals surface area (Å²) in [6.45, 7) is 0.465. The Labute approximate surface area is 180 Å². The molecule has 1 saturated heterocycles. The lowest BCUT2D eigenvalue weighted by molar-refractivity contribution is 0.457. The Kier molecular flexibility index (Phi) is 7.98. The van der Waals surface area contributed by atoms with Crippen molar-refractivity contribution >= 4 is 39.8 Å². The monoisotopic (exact) mass is 520 g/mol. The molecule has 152 valence electrons. The molecular formula is C18H22FIN4O3S. The summed E-state index contributed by atoms with van der Waals surface area (Å²) in [6.07, 6.45) is 2.23. The number of hydrogen-bond acceptors (Lipinski definition) is 5. The first kappa shape index (κ1) is 22.3. The van der Waals surface area contributed by atoms with E-state index in [1.54, 1.807) is 31.4 Å². The summed E-state index contributed by atoms with van der Waals surface area (Å²) in [5.74, 6) is 1.24. The predicted molar refractivity (Wildman–Crippen MR) is 117 cm³/mol. The first-order valence-electron chi connectivity index (χ1n) is 8.49. The van der Waals surface area contributed by atoms with Gasteiger partial charge in [0.1, 0.15) is 11.6 Å². The van der Waals surface area contributed by atoms with Crippen molar-refractivity contribution in [3.05, 3.63) is 54.0 Å². The van der Waals surface area contributed by atoms with E-state index in [2.05, 4.69) is 20.6 Å².